The predicted octanol–water partition coefficient (Wildman–Crippen LogP) is 3.94. The molecule has 5 heteroatoms. The molecule has 102 valence electrons. The van der Waals surface area contributed by atoms with Crippen LogP contribution >= 0.6 is 0 Å². The monoisotopic (exact) mass is 268 g/mol. The van der Waals surface area contributed by atoms with Gasteiger partial charge in [0.15, 0.2) is 0 Å². The lowest BCUT2D eigenvalue weighted by Gasteiger charge is -2.09. The normalized spacial score (nSPS) is 11.9. The predicted molar refractivity (Wildman–Crippen MR) is 67.0 cm³/mol. The SMILES string of the molecule is Cc1ccc(Cc2c(C)n[nH]c2C(F)(F)F)cc1C. The topological polar surface area (TPSA) is 28.7 Å². The molecule has 2 aromatic rings. The lowest BCUT2D eigenvalue weighted by molar-refractivity contribution is -0.141. The highest BCUT2D eigenvalue weighted by molar-refractivity contribution is 5.36. The van der Waals surface area contributed by atoms with Crippen molar-refractivity contribution < 1.29 is 13.2 Å². The number of halogens is 3. The molecule has 2 nitrogen and oxygen atoms in total. The van der Waals surface area contributed by atoms with E-state index in [9.17, 15) is 13.2 Å². The van der Waals surface area contributed by atoms with E-state index >= 15 is 0 Å². The van der Waals surface area contributed by atoms with Crippen molar-refractivity contribution in [1.82, 2.24) is 10.2 Å². The van der Waals surface area contributed by atoms with E-state index in [0.29, 0.717) is 5.69 Å². The van der Waals surface area contributed by atoms with Gasteiger partial charge in [-0.05, 0) is 37.5 Å². The zero-order chi connectivity index (χ0) is 14.2. The van der Waals surface area contributed by atoms with E-state index in [1.807, 2.05) is 32.0 Å². The van der Waals surface area contributed by atoms with Gasteiger partial charge in [-0.15, -0.1) is 0 Å². The number of benzene rings is 1. The number of aromatic amines is 1. The van der Waals surface area contributed by atoms with Crippen LogP contribution in [0.25, 0.3) is 0 Å². The Morgan fingerprint density at radius 1 is 1.11 bits per heavy atom. The van der Waals surface area contributed by atoms with Crippen molar-refractivity contribution in [3.8, 4) is 0 Å². The highest BCUT2D eigenvalue weighted by Crippen LogP contribution is 2.32. The molecule has 0 aliphatic rings. The Morgan fingerprint density at radius 3 is 2.37 bits per heavy atom. The fraction of sp³-hybridized carbons (Fsp3) is 0.357. The summed E-state index contributed by atoms with van der Waals surface area (Å²) < 4.78 is 38.5. The highest BCUT2D eigenvalue weighted by atomic mass is 19.4. The molecular weight excluding hydrogens is 253 g/mol. The first kappa shape index (κ1) is 13.6. The smallest absolute Gasteiger partial charge is 0.273 e. The molecule has 1 aromatic carbocycles. The molecule has 19 heavy (non-hydrogen) atoms. The molecule has 0 spiro atoms. The number of rotatable bonds is 2. The van der Waals surface area contributed by atoms with Crippen molar-refractivity contribution in [2.75, 3.05) is 0 Å². The largest absolute Gasteiger partial charge is 0.433 e. The molecule has 0 unspecified atom stereocenters. The Morgan fingerprint density at radius 2 is 1.79 bits per heavy atom. The standard InChI is InChI=1S/C14H15F3N2/c1-8-4-5-11(6-9(8)2)7-12-10(3)18-19-13(12)14(15,16)17/h4-6H,7H2,1-3H3,(H,18,19). The Labute approximate surface area is 109 Å². The van der Waals surface area contributed by atoms with Crippen molar-refractivity contribution in [3.05, 3.63) is 51.8 Å². The molecule has 0 aliphatic heterocycles. The van der Waals surface area contributed by atoms with Crippen LogP contribution in [0.3, 0.4) is 0 Å². The number of aryl methyl sites for hydroxylation is 3. The second-order valence-electron chi connectivity index (χ2n) is 4.76. The molecule has 0 radical (unpaired) electrons. The van der Waals surface area contributed by atoms with Crippen molar-refractivity contribution >= 4 is 0 Å². The summed E-state index contributed by atoms with van der Waals surface area (Å²) in [5.74, 6) is 0. The number of alkyl halides is 3. The maximum absolute atomic E-state index is 12.8. The van der Waals surface area contributed by atoms with Crippen LogP contribution in [0.15, 0.2) is 18.2 Å². The summed E-state index contributed by atoms with van der Waals surface area (Å²) in [5.41, 5.74) is 2.93. The molecule has 1 N–H and O–H groups in total. The maximum atomic E-state index is 12.8. The van der Waals surface area contributed by atoms with Crippen LogP contribution in [0.2, 0.25) is 0 Å². The number of nitrogens with zero attached hydrogens (tertiary/aromatic N) is 1. The first-order valence-electron chi connectivity index (χ1n) is 5.96. The number of aromatic nitrogens is 2. The highest BCUT2D eigenvalue weighted by Gasteiger charge is 2.36. The molecule has 1 aromatic heterocycles. The van der Waals surface area contributed by atoms with Crippen molar-refractivity contribution in [3.63, 3.8) is 0 Å². The van der Waals surface area contributed by atoms with E-state index in [0.717, 1.165) is 16.7 Å². The van der Waals surface area contributed by atoms with Crippen LogP contribution in [0.4, 0.5) is 13.2 Å². The van der Waals surface area contributed by atoms with Gasteiger partial charge in [-0.3, -0.25) is 5.10 Å². The lowest BCUT2D eigenvalue weighted by Crippen LogP contribution is -2.09. The van der Waals surface area contributed by atoms with Gasteiger partial charge in [-0.1, -0.05) is 18.2 Å². The number of nitrogens with one attached hydrogen (secondary N) is 1. The molecule has 1 heterocycles. The summed E-state index contributed by atoms with van der Waals surface area (Å²) in [6.07, 6.45) is -4.16. The summed E-state index contributed by atoms with van der Waals surface area (Å²) in [5, 5.41) is 5.76. The number of hydrogen-bond donors (Lipinski definition) is 1. The van der Waals surface area contributed by atoms with E-state index in [-0.39, 0.29) is 12.0 Å². The quantitative estimate of drug-likeness (QED) is 0.878. The summed E-state index contributed by atoms with van der Waals surface area (Å²) in [4.78, 5) is 0. The lowest BCUT2D eigenvalue weighted by atomic mass is 9.99. The molecule has 0 saturated heterocycles. The molecule has 0 fully saturated rings. The van der Waals surface area contributed by atoms with E-state index in [1.54, 1.807) is 6.92 Å². The van der Waals surface area contributed by atoms with Crippen molar-refractivity contribution in [2.45, 2.75) is 33.4 Å². The fourth-order valence-corrected chi connectivity index (χ4v) is 2.02. The number of H-pyrrole nitrogens is 1. The summed E-state index contributed by atoms with van der Waals surface area (Å²) >= 11 is 0. The van der Waals surface area contributed by atoms with E-state index in [4.69, 9.17) is 0 Å². The second-order valence-corrected chi connectivity index (χ2v) is 4.76. The Balaban J connectivity index is 2.38. The van der Waals surface area contributed by atoms with Gasteiger partial charge in [0, 0.05) is 12.0 Å². The molecule has 2 rings (SSSR count). The average Bonchev–Trinajstić information content (AvgIpc) is 2.65. The first-order valence-corrected chi connectivity index (χ1v) is 5.96. The Hall–Kier alpha value is -1.78. The third-order valence-corrected chi connectivity index (χ3v) is 3.31. The van der Waals surface area contributed by atoms with E-state index in [2.05, 4.69) is 10.2 Å². The average molecular weight is 268 g/mol. The van der Waals surface area contributed by atoms with Gasteiger partial charge < -0.3 is 0 Å². The van der Waals surface area contributed by atoms with Crippen LogP contribution in [0.5, 0.6) is 0 Å². The summed E-state index contributed by atoms with van der Waals surface area (Å²) in [7, 11) is 0. The number of hydrogen-bond acceptors (Lipinski definition) is 1. The van der Waals surface area contributed by atoms with E-state index in [1.165, 1.54) is 0 Å². The van der Waals surface area contributed by atoms with Crippen LogP contribution in [-0.2, 0) is 12.6 Å². The molecule has 0 amide bonds. The van der Waals surface area contributed by atoms with Gasteiger partial charge in [0.2, 0.25) is 0 Å². The minimum atomic E-state index is -4.39. The molecule has 0 aliphatic carbocycles. The zero-order valence-corrected chi connectivity index (χ0v) is 11.0. The van der Waals surface area contributed by atoms with Crippen molar-refractivity contribution in [2.24, 2.45) is 0 Å². The zero-order valence-electron chi connectivity index (χ0n) is 11.0. The van der Waals surface area contributed by atoms with Crippen LogP contribution in [0, 0.1) is 20.8 Å². The van der Waals surface area contributed by atoms with Gasteiger partial charge in [0.1, 0.15) is 5.69 Å². The third-order valence-electron chi connectivity index (χ3n) is 3.31. The van der Waals surface area contributed by atoms with Crippen LogP contribution in [0.1, 0.15) is 33.6 Å². The van der Waals surface area contributed by atoms with Gasteiger partial charge in [-0.2, -0.15) is 18.3 Å². The molecule has 0 atom stereocenters. The summed E-state index contributed by atoms with van der Waals surface area (Å²) in [6.45, 7) is 5.51. The Kier molecular flexibility index (Phi) is 3.39. The van der Waals surface area contributed by atoms with E-state index < -0.39 is 11.9 Å². The van der Waals surface area contributed by atoms with Crippen molar-refractivity contribution in [1.29, 1.82) is 0 Å². The summed E-state index contributed by atoms with van der Waals surface area (Å²) in [6, 6.07) is 5.70. The van der Waals surface area contributed by atoms with Gasteiger partial charge >= 0.3 is 6.18 Å². The maximum Gasteiger partial charge on any atom is 0.433 e. The third kappa shape index (κ3) is 2.80. The molecular formula is C14H15F3N2. The molecule has 0 bridgehead atoms. The second kappa shape index (κ2) is 4.72. The first-order chi connectivity index (χ1) is 8.79. The Bertz CT molecular complexity index is 597. The fourth-order valence-electron chi connectivity index (χ4n) is 2.02. The minimum absolute atomic E-state index is 0.218. The van der Waals surface area contributed by atoms with Gasteiger partial charge in [0.05, 0.1) is 5.69 Å². The van der Waals surface area contributed by atoms with Crippen LogP contribution in [-0.4, -0.2) is 10.2 Å². The van der Waals surface area contributed by atoms with Crippen LogP contribution < -0.4 is 0 Å². The molecule has 0 saturated carbocycles. The van der Waals surface area contributed by atoms with Gasteiger partial charge in [0.25, 0.3) is 0 Å². The minimum Gasteiger partial charge on any atom is -0.273 e. The van der Waals surface area contributed by atoms with Gasteiger partial charge in [-0.25, -0.2) is 0 Å².